The van der Waals surface area contributed by atoms with E-state index in [-0.39, 0.29) is 0 Å². The van der Waals surface area contributed by atoms with Gasteiger partial charge in [0, 0.05) is 23.4 Å². The van der Waals surface area contributed by atoms with Gasteiger partial charge in [-0.3, -0.25) is 14.6 Å². The minimum atomic E-state index is -1.000. The normalized spacial score (nSPS) is 20.8. The molecule has 1 aliphatic rings. The monoisotopic (exact) mass is 483 g/mol. The summed E-state index contributed by atoms with van der Waals surface area (Å²) in [5, 5.41) is 11.0. The number of carboxylic acid groups (broad SMARTS) is 1. The molecular weight excluding hydrogens is 458 g/mol. The van der Waals surface area contributed by atoms with Gasteiger partial charge in [0.2, 0.25) is 0 Å². The van der Waals surface area contributed by atoms with Crippen LogP contribution in [0.5, 0.6) is 17.2 Å². The Morgan fingerprint density at radius 3 is 1.89 bits per heavy atom. The second kappa shape index (κ2) is 9.70. The Balaban J connectivity index is 1.62. The van der Waals surface area contributed by atoms with Gasteiger partial charge in [0.05, 0.1) is 31.6 Å². The van der Waals surface area contributed by atoms with E-state index in [1.54, 1.807) is 48.7 Å². The molecule has 0 amide bonds. The number of aliphatic carboxylic acids is 1. The number of hydrogen-bond donors (Lipinski definition) is 1. The number of methoxy groups -OCH3 is 2. The Bertz CT molecular complexity index is 1370. The topological polar surface area (TPSA) is 95.0 Å². The van der Waals surface area contributed by atoms with Crippen LogP contribution in [0.4, 0.5) is 0 Å². The zero-order valence-electron chi connectivity index (χ0n) is 19.8. The molecule has 1 heterocycles. The SMILES string of the molecule is COc1ccccc1[C@H]1[C@H](C(=O)O)[C@H](c2ccccc2OC)[C@H]1C(=O)Oc1cccc2ncccc12. The molecule has 1 saturated carbocycles. The summed E-state index contributed by atoms with van der Waals surface area (Å²) in [6, 6.07) is 23.3. The molecule has 0 saturated heterocycles. The fourth-order valence-electron chi connectivity index (χ4n) is 5.35. The molecule has 3 aromatic carbocycles. The average Bonchev–Trinajstić information content (AvgIpc) is 2.88. The number of carboxylic acids is 1. The maximum atomic E-state index is 13.9. The maximum Gasteiger partial charge on any atom is 0.315 e. The van der Waals surface area contributed by atoms with E-state index in [9.17, 15) is 14.7 Å². The summed E-state index contributed by atoms with van der Waals surface area (Å²) in [4.78, 5) is 30.8. The van der Waals surface area contributed by atoms with Gasteiger partial charge in [0.25, 0.3) is 0 Å². The number of hydrogen-bond acceptors (Lipinski definition) is 6. The molecule has 1 N–H and O–H groups in total. The van der Waals surface area contributed by atoms with Crippen LogP contribution in [0.15, 0.2) is 85.1 Å². The molecular formula is C29H25NO6. The number of para-hydroxylation sites is 2. The van der Waals surface area contributed by atoms with E-state index in [2.05, 4.69) is 4.98 Å². The Hall–Kier alpha value is -4.39. The average molecular weight is 484 g/mol. The molecule has 7 heteroatoms. The fraction of sp³-hybridized carbons (Fsp3) is 0.207. The standard InChI is InChI=1S/C29H25NO6/c1-34-21-13-5-3-9-18(21)24-26(28(31)32)25(19-10-4-6-14-22(19)35-2)27(24)29(33)36-23-15-7-12-20-17(23)11-8-16-30-20/h3-16,24-27H,1-2H3,(H,31,32)/t24-,25-,26-,27-/m0/s1. The first-order chi connectivity index (χ1) is 17.5. The molecule has 182 valence electrons. The predicted octanol–water partition coefficient (Wildman–Crippen LogP) is 5.06. The minimum Gasteiger partial charge on any atom is -0.496 e. The van der Waals surface area contributed by atoms with Crippen LogP contribution in [0.1, 0.15) is 23.0 Å². The van der Waals surface area contributed by atoms with E-state index in [0.29, 0.717) is 39.3 Å². The van der Waals surface area contributed by atoms with E-state index < -0.39 is 35.6 Å². The lowest BCUT2D eigenvalue weighted by Gasteiger charge is -2.49. The largest absolute Gasteiger partial charge is 0.496 e. The number of nitrogens with zero attached hydrogens (tertiary/aromatic N) is 1. The number of aromatic nitrogens is 1. The molecule has 0 aliphatic heterocycles. The van der Waals surface area contributed by atoms with Crippen molar-refractivity contribution in [2.75, 3.05) is 14.2 Å². The van der Waals surface area contributed by atoms with E-state index in [1.807, 2.05) is 36.4 Å². The van der Waals surface area contributed by atoms with Crippen LogP contribution in [-0.4, -0.2) is 36.2 Å². The lowest BCUT2D eigenvalue weighted by atomic mass is 9.52. The third kappa shape index (κ3) is 3.92. The first kappa shape index (κ1) is 23.4. The number of benzene rings is 3. The summed E-state index contributed by atoms with van der Waals surface area (Å²) in [6.07, 6.45) is 1.67. The first-order valence-electron chi connectivity index (χ1n) is 11.6. The maximum absolute atomic E-state index is 13.9. The Morgan fingerprint density at radius 2 is 1.31 bits per heavy atom. The highest BCUT2D eigenvalue weighted by molar-refractivity contribution is 5.90. The number of carbonyl (C=O) groups is 2. The molecule has 1 fully saturated rings. The summed E-state index contributed by atoms with van der Waals surface area (Å²) in [5.74, 6) is -3.07. The summed E-state index contributed by atoms with van der Waals surface area (Å²) in [5.41, 5.74) is 2.00. The smallest absolute Gasteiger partial charge is 0.315 e. The van der Waals surface area contributed by atoms with Gasteiger partial charge in [-0.05, 0) is 47.5 Å². The van der Waals surface area contributed by atoms with Gasteiger partial charge < -0.3 is 19.3 Å². The number of rotatable bonds is 7. The minimum absolute atomic E-state index is 0.377. The zero-order valence-corrected chi connectivity index (χ0v) is 19.8. The van der Waals surface area contributed by atoms with E-state index in [1.165, 1.54) is 14.2 Å². The van der Waals surface area contributed by atoms with Crippen LogP contribution in [0.2, 0.25) is 0 Å². The van der Waals surface area contributed by atoms with Crippen molar-refractivity contribution < 1.29 is 28.9 Å². The van der Waals surface area contributed by atoms with Crippen molar-refractivity contribution in [3.05, 3.63) is 96.2 Å². The Morgan fingerprint density at radius 1 is 0.722 bits per heavy atom. The van der Waals surface area contributed by atoms with E-state index >= 15 is 0 Å². The van der Waals surface area contributed by atoms with Gasteiger partial charge in [0.15, 0.2) is 0 Å². The van der Waals surface area contributed by atoms with Crippen LogP contribution in [0.25, 0.3) is 10.9 Å². The van der Waals surface area contributed by atoms with Crippen LogP contribution in [0.3, 0.4) is 0 Å². The predicted molar refractivity (Wildman–Crippen MR) is 133 cm³/mol. The lowest BCUT2D eigenvalue weighted by molar-refractivity contribution is -0.158. The van der Waals surface area contributed by atoms with Crippen LogP contribution < -0.4 is 14.2 Å². The molecule has 7 nitrogen and oxygen atoms in total. The van der Waals surface area contributed by atoms with E-state index in [4.69, 9.17) is 14.2 Å². The molecule has 1 aliphatic carbocycles. The third-order valence-corrected chi connectivity index (χ3v) is 6.92. The number of pyridine rings is 1. The fourth-order valence-corrected chi connectivity index (χ4v) is 5.35. The van der Waals surface area contributed by atoms with Gasteiger partial charge in [-0.25, -0.2) is 0 Å². The van der Waals surface area contributed by atoms with Crippen LogP contribution >= 0.6 is 0 Å². The van der Waals surface area contributed by atoms with Crippen molar-refractivity contribution in [3.8, 4) is 17.2 Å². The third-order valence-electron chi connectivity index (χ3n) is 6.92. The van der Waals surface area contributed by atoms with Crippen molar-refractivity contribution in [3.63, 3.8) is 0 Å². The molecule has 0 unspecified atom stereocenters. The molecule has 0 spiro atoms. The van der Waals surface area contributed by atoms with Crippen molar-refractivity contribution in [1.82, 2.24) is 4.98 Å². The Labute approximate surface area is 208 Å². The van der Waals surface area contributed by atoms with Crippen molar-refractivity contribution >= 4 is 22.8 Å². The number of fused-ring (bicyclic) bond motifs is 1. The number of carbonyl (C=O) groups excluding carboxylic acids is 1. The lowest BCUT2D eigenvalue weighted by Crippen LogP contribution is -2.52. The van der Waals surface area contributed by atoms with Gasteiger partial charge in [-0.1, -0.05) is 42.5 Å². The number of ether oxygens (including phenoxy) is 3. The highest BCUT2D eigenvalue weighted by Gasteiger charge is 2.60. The Kier molecular flexibility index (Phi) is 6.29. The molecule has 4 aromatic rings. The molecule has 0 radical (unpaired) electrons. The second-order valence-corrected chi connectivity index (χ2v) is 8.67. The highest BCUT2D eigenvalue weighted by Crippen LogP contribution is 2.60. The van der Waals surface area contributed by atoms with Gasteiger partial charge in [-0.2, -0.15) is 0 Å². The summed E-state index contributed by atoms with van der Waals surface area (Å²) < 4.78 is 17.0. The zero-order chi connectivity index (χ0) is 25.2. The van der Waals surface area contributed by atoms with Gasteiger partial charge in [0.1, 0.15) is 17.2 Å². The first-order valence-corrected chi connectivity index (χ1v) is 11.6. The summed E-state index contributed by atoms with van der Waals surface area (Å²) in [7, 11) is 3.06. The molecule has 36 heavy (non-hydrogen) atoms. The van der Waals surface area contributed by atoms with Crippen molar-refractivity contribution in [1.29, 1.82) is 0 Å². The summed E-state index contributed by atoms with van der Waals surface area (Å²) in [6.45, 7) is 0. The molecule has 0 bridgehead atoms. The molecule has 2 atom stereocenters. The number of esters is 1. The quantitative estimate of drug-likeness (QED) is 0.290. The molecule has 5 rings (SSSR count). The van der Waals surface area contributed by atoms with Crippen molar-refractivity contribution in [2.24, 2.45) is 11.8 Å². The second-order valence-electron chi connectivity index (χ2n) is 8.67. The van der Waals surface area contributed by atoms with Gasteiger partial charge in [-0.15, -0.1) is 0 Å². The summed E-state index contributed by atoms with van der Waals surface area (Å²) >= 11 is 0. The van der Waals surface area contributed by atoms with Gasteiger partial charge >= 0.3 is 11.9 Å². The molecule has 1 aromatic heterocycles. The van der Waals surface area contributed by atoms with E-state index in [0.717, 1.165) is 0 Å². The van der Waals surface area contributed by atoms with Crippen molar-refractivity contribution in [2.45, 2.75) is 11.8 Å². The van der Waals surface area contributed by atoms with Crippen LogP contribution in [0, 0.1) is 11.8 Å². The van der Waals surface area contributed by atoms with Crippen LogP contribution in [-0.2, 0) is 9.59 Å². The highest BCUT2D eigenvalue weighted by atomic mass is 16.5.